The van der Waals surface area contributed by atoms with Crippen LogP contribution in [0.3, 0.4) is 0 Å². The van der Waals surface area contributed by atoms with E-state index >= 15 is 0 Å². The van der Waals surface area contributed by atoms with Crippen molar-refractivity contribution in [2.75, 3.05) is 0 Å². The van der Waals surface area contributed by atoms with Crippen LogP contribution in [0, 0.1) is 0 Å². The minimum atomic E-state index is 0. The quantitative estimate of drug-likeness (QED) is 0.603. The van der Waals surface area contributed by atoms with Gasteiger partial charge in [0.05, 0.1) is 0 Å². The zero-order valence-electron chi connectivity index (χ0n) is 4.97. The van der Waals surface area contributed by atoms with Gasteiger partial charge in [0.25, 0.3) is 0 Å². The van der Waals surface area contributed by atoms with Crippen LogP contribution < -0.4 is 0 Å². The van der Waals surface area contributed by atoms with Crippen LogP contribution in [0.2, 0.25) is 0 Å². The highest BCUT2D eigenvalue weighted by molar-refractivity contribution is 9.08. The second-order valence-electron chi connectivity index (χ2n) is 1.62. The lowest BCUT2D eigenvalue weighted by molar-refractivity contribution is 0.824. The Morgan fingerprint density at radius 1 is 1.11 bits per heavy atom. The molecule has 0 amide bonds. The van der Waals surface area contributed by atoms with Crippen LogP contribution in [0.25, 0.3) is 0 Å². The van der Waals surface area contributed by atoms with Gasteiger partial charge in [-0.15, -0.1) is 0 Å². The summed E-state index contributed by atoms with van der Waals surface area (Å²) >= 11 is 3.36. The Labute approximate surface area is 63.1 Å². The lowest BCUT2D eigenvalue weighted by atomic mass is 10.2. The molecule has 0 bridgehead atoms. The van der Waals surface area contributed by atoms with E-state index < -0.39 is 0 Å². The maximum atomic E-state index is 3.36. The molecule has 50 valence electrons. The number of hydrogen-bond acceptors (Lipinski definition) is 0. The zero-order chi connectivity index (χ0) is 5.82. The maximum Gasteiger partial charge on any atom is 0.0283 e. The summed E-state index contributed by atoms with van der Waals surface area (Å²) < 4.78 is 0. The van der Waals surface area contributed by atoms with Crippen molar-refractivity contribution in [3.8, 4) is 0 Å². The lowest BCUT2D eigenvalue weighted by Crippen LogP contribution is -1.70. The first kappa shape index (κ1) is 8.66. The summed E-state index contributed by atoms with van der Waals surface area (Å²) in [5.74, 6) is 0. The summed E-state index contributed by atoms with van der Waals surface area (Å²) in [7, 11) is 0. The van der Waals surface area contributed by atoms with Gasteiger partial charge in [-0.05, 0) is 5.56 Å². The SMILES string of the molecule is BrCc1ccccc1.O. The van der Waals surface area contributed by atoms with Crippen molar-refractivity contribution in [2.45, 2.75) is 5.33 Å². The van der Waals surface area contributed by atoms with E-state index in [0.717, 1.165) is 5.33 Å². The van der Waals surface area contributed by atoms with E-state index in [1.165, 1.54) is 5.56 Å². The van der Waals surface area contributed by atoms with E-state index in [2.05, 4.69) is 28.1 Å². The van der Waals surface area contributed by atoms with Gasteiger partial charge in [0, 0.05) is 5.33 Å². The number of halogens is 1. The molecule has 0 heterocycles. The monoisotopic (exact) mass is 188 g/mol. The van der Waals surface area contributed by atoms with Gasteiger partial charge >= 0.3 is 0 Å². The van der Waals surface area contributed by atoms with Crippen molar-refractivity contribution >= 4 is 15.9 Å². The largest absolute Gasteiger partial charge is 0.412 e. The Kier molecular flexibility index (Phi) is 4.36. The van der Waals surface area contributed by atoms with Crippen LogP contribution >= 0.6 is 15.9 Å². The van der Waals surface area contributed by atoms with Crippen molar-refractivity contribution in [3.63, 3.8) is 0 Å². The van der Waals surface area contributed by atoms with Crippen LogP contribution in [-0.2, 0) is 5.33 Å². The summed E-state index contributed by atoms with van der Waals surface area (Å²) in [5, 5.41) is 0.952. The molecule has 1 nitrogen and oxygen atoms in total. The fraction of sp³-hybridized carbons (Fsp3) is 0.143. The fourth-order valence-electron chi connectivity index (χ4n) is 0.567. The molecule has 1 aromatic rings. The van der Waals surface area contributed by atoms with Crippen LogP contribution in [0.4, 0.5) is 0 Å². The van der Waals surface area contributed by atoms with Gasteiger partial charge in [-0.2, -0.15) is 0 Å². The molecule has 1 rings (SSSR count). The first-order valence-electron chi connectivity index (χ1n) is 2.53. The molecule has 0 aromatic heterocycles. The average Bonchev–Trinajstić information content (AvgIpc) is 1.90. The maximum absolute atomic E-state index is 3.36. The van der Waals surface area contributed by atoms with Crippen LogP contribution in [-0.4, -0.2) is 5.48 Å². The minimum absolute atomic E-state index is 0. The Morgan fingerprint density at radius 3 is 2.00 bits per heavy atom. The summed E-state index contributed by atoms with van der Waals surface area (Å²) in [4.78, 5) is 0. The molecule has 9 heavy (non-hydrogen) atoms. The van der Waals surface area contributed by atoms with Crippen LogP contribution in [0.5, 0.6) is 0 Å². The van der Waals surface area contributed by atoms with Crippen LogP contribution in [0.15, 0.2) is 30.3 Å². The molecule has 0 unspecified atom stereocenters. The third-order valence-corrected chi connectivity index (χ3v) is 1.64. The molecule has 0 saturated heterocycles. The molecule has 0 atom stereocenters. The molecule has 0 radical (unpaired) electrons. The molecule has 1 aromatic carbocycles. The minimum Gasteiger partial charge on any atom is -0.412 e. The molecular formula is C7H9BrO. The Bertz CT molecular complexity index is 150. The normalized spacial score (nSPS) is 8.11. The van der Waals surface area contributed by atoms with Gasteiger partial charge < -0.3 is 5.48 Å². The van der Waals surface area contributed by atoms with Gasteiger partial charge in [-0.25, -0.2) is 0 Å². The van der Waals surface area contributed by atoms with E-state index in [1.807, 2.05) is 18.2 Å². The van der Waals surface area contributed by atoms with E-state index in [0.29, 0.717) is 0 Å². The molecule has 0 fully saturated rings. The Balaban J connectivity index is 0.000000640. The number of alkyl halides is 1. The van der Waals surface area contributed by atoms with E-state index in [4.69, 9.17) is 0 Å². The average molecular weight is 189 g/mol. The smallest absolute Gasteiger partial charge is 0.0283 e. The van der Waals surface area contributed by atoms with E-state index in [1.54, 1.807) is 0 Å². The molecule has 0 aliphatic rings. The summed E-state index contributed by atoms with van der Waals surface area (Å²) in [6.07, 6.45) is 0. The van der Waals surface area contributed by atoms with Gasteiger partial charge in [0.15, 0.2) is 0 Å². The first-order valence-corrected chi connectivity index (χ1v) is 3.65. The first-order chi connectivity index (χ1) is 3.93. The zero-order valence-corrected chi connectivity index (χ0v) is 6.56. The van der Waals surface area contributed by atoms with E-state index in [9.17, 15) is 0 Å². The van der Waals surface area contributed by atoms with Crippen molar-refractivity contribution in [1.29, 1.82) is 0 Å². The highest BCUT2D eigenvalue weighted by Crippen LogP contribution is 2.02. The van der Waals surface area contributed by atoms with Gasteiger partial charge in [0.2, 0.25) is 0 Å². The second kappa shape index (κ2) is 4.53. The molecule has 2 heteroatoms. The molecule has 0 spiro atoms. The number of benzene rings is 1. The van der Waals surface area contributed by atoms with Gasteiger partial charge in [-0.1, -0.05) is 46.3 Å². The Hall–Kier alpha value is -0.340. The van der Waals surface area contributed by atoms with Crippen molar-refractivity contribution in [1.82, 2.24) is 0 Å². The highest BCUT2D eigenvalue weighted by atomic mass is 79.9. The molecule has 0 saturated carbocycles. The third-order valence-electron chi connectivity index (χ3n) is 0.997. The Morgan fingerprint density at radius 2 is 1.67 bits per heavy atom. The van der Waals surface area contributed by atoms with Gasteiger partial charge in [-0.3, -0.25) is 0 Å². The predicted molar refractivity (Wildman–Crippen MR) is 42.7 cm³/mol. The summed E-state index contributed by atoms with van der Waals surface area (Å²) in [5.41, 5.74) is 1.33. The van der Waals surface area contributed by atoms with Crippen molar-refractivity contribution in [2.24, 2.45) is 0 Å². The topological polar surface area (TPSA) is 31.5 Å². The molecule has 0 aliphatic heterocycles. The van der Waals surface area contributed by atoms with Crippen LogP contribution in [0.1, 0.15) is 5.56 Å². The summed E-state index contributed by atoms with van der Waals surface area (Å²) in [6, 6.07) is 10.3. The number of hydrogen-bond donors (Lipinski definition) is 0. The van der Waals surface area contributed by atoms with E-state index in [-0.39, 0.29) is 5.48 Å². The van der Waals surface area contributed by atoms with Crippen molar-refractivity contribution in [3.05, 3.63) is 35.9 Å². The second-order valence-corrected chi connectivity index (χ2v) is 2.18. The fourth-order valence-corrected chi connectivity index (χ4v) is 0.941. The molecular weight excluding hydrogens is 180 g/mol. The lowest BCUT2D eigenvalue weighted by Gasteiger charge is -1.88. The summed E-state index contributed by atoms with van der Waals surface area (Å²) in [6.45, 7) is 0. The number of rotatable bonds is 1. The standard InChI is InChI=1S/C7H7Br.H2O/c8-6-7-4-2-1-3-5-7;/h1-5H,6H2;1H2. The van der Waals surface area contributed by atoms with Crippen molar-refractivity contribution < 1.29 is 5.48 Å². The molecule has 2 N–H and O–H groups in total. The third kappa shape index (κ3) is 2.63. The van der Waals surface area contributed by atoms with Gasteiger partial charge in [0.1, 0.15) is 0 Å². The highest BCUT2D eigenvalue weighted by Gasteiger charge is 1.81. The molecule has 0 aliphatic carbocycles. The predicted octanol–water partition coefficient (Wildman–Crippen LogP) is 1.76.